The molecule has 0 aliphatic heterocycles. The van der Waals surface area contributed by atoms with Gasteiger partial charge in [0.05, 0.1) is 17.2 Å². The lowest BCUT2D eigenvalue weighted by atomic mass is 10.3. The van der Waals surface area contributed by atoms with E-state index in [0.717, 1.165) is 16.8 Å². The molecule has 0 aliphatic carbocycles. The van der Waals surface area contributed by atoms with E-state index >= 15 is 0 Å². The van der Waals surface area contributed by atoms with Crippen molar-refractivity contribution in [1.82, 2.24) is 29.1 Å². The van der Waals surface area contributed by atoms with Crippen LogP contribution in [0.15, 0.2) is 35.5 Å². The maximum Gasteiger partial charge on any atom is 0.433 e. The van der Waals surface area contributed by atoms with Gasteiger partial charge in [0.2, 0.25) is 0 Å². The van der Waals surface area contributed by atoms with Crippen molar-refractivity contribution < 1.29 is 13.2 Å². The van der Waals surface area contributed by atoms with Crippen molar-refractivity contribution in [2.24, 2.45) is 14.1 Å². The van der Waals surface area contributed by atoms with E-state index in [-0.39, 0.29) is 5.52 Å². The van der Waals surface area contributed by atoms with E-state index in [1.165, 1.54) is 6.20 Å². The summed E-state index contributed by atoms with van der Waals surface area (Å²) < 4.78 is 42.7. The fourth-order valence-corrected chi connectivity index (χ4v) is 4.14. The Balaban J connectivity index is 1.92. The Morgan fingerprint density at radius 1 is 1.07 bits per heavy atom. The van der Waals surface area contributed by atoms with Crippen molar-refractivity contribution in [3.63, 3.8) is 0 Å². The minimum Gasteiger partial charge on any atom is -0.324 e. The largest absolute Gasteiger partial charge is 0.433 e. The lowest BCUT2D eigenvalue weighted by Gasteiger charge is -2.06. The van der Waals surface area contributed by atoms with Gasteiger partial charge in [-0.2, -0.15) is 13.2 Å². The summed E-state index contributed by atoms with van der Waals surface area (Å²) in [5.74, 6) is 1.81. The fourth-order valence-electron chi connectivity index (χ4n) is 3.15. The van der Waals surface area contributed by atoms with Crippen LogP contribution in [-0.2, 0) is 20.3 Å². The quantitative estimate of drug-likeness (QED) is 0.314. The molecule has 0 N–H and O–H groups in total. The Labute approximate surface area is 179 Å². The van der Waals surface area contributed by atoms with Crippen LogP contribution >= 0.6 is 23.4 Å². The van der Waals surface area contributed by atoms with Crippen molar-refractivity contribution in [3.8, 4) is 23.0 Å². The van der Waals surface area contributed by atoms with E-state index in [1.54, 1.807) is 41.6 Å². The third-order valence-corrected chi connectivity index (χ3v) is 5.78. The first kappa shape index (κ1) is 20.7. The van der Waals surface area contributed by atoms with Crippen molar-refractivity contribution in [2.45, 2.75) is 18.1 Å². The predicted octanol–water partition coefficient (Wildman–Crippen LogP) is 5.22. The number of alkyl halides is 3. The Kier molecular flexibility index (Phi) is 5.23. The Morgan fingerprint density at radius 2 is 1.83 bits per heavy atom. The number of aryl methyl sites for hydroxylation is 1. The molecule has 6 nitrogen and oxygen atoms in total. The van der Waals surface area contributed by atoms with Gasteiger partial charge in [-0.25, -0.2) is 19.9 Å². The van der Waals surface area contributed by atoms with Gasteiger partial charge < -0.3 is 9.13 Å². The molecule has 4 rings (SSSR count). The maximum absolute atomic E-state index is 13.1. The van der Waals surface area contributed by atoms with Crippen LogP contribution in [0, 0.1) is 0 Å². The van der Waals surface area contributed by atoms with Crippen LogP contribution in [0.2, 0.25) is 5.15 Å². The van der Waals surface area contributed by atoms with E-state index in [2.05, 4.69) is 15.0 Å². The van der Waals surface area contributed by atoms with Gasteiger partial charge >= 0.3 is 6.18 Å². The second kappa shape index (κ2) is 7.59. The zero-order chi connectivity index (χ0) is 21.6. The summed E-state index contributed by atoms with van der Waals surface area (Å²) >= 11 is 7.59. The van der Waals surface area contributed by atoms with Gasteiger partial charge in [-0.15, -0.1) is 11.8 Å². The van der Waals surface area contributed by atoms with E-state index in [9.17, 15) is 13.2 Å². The molecular weight excluding hydrogens is 437 g/mol. The van der Waals surface area contributed by atoms with Crippen LogP contribution in [0.4, 0.5) is 13.2 Å². The van der Waals surface area contributed by atoms with Gasteiger partial charge in [0.25, 0.3) is 0 Å². The smallest absolute Gasteiger partial charge is 0.324 e. The topological polar surface area (TPSA) is 61.4 Å². The molecule has 0 saturated heterocycles. The number of pyridine rings is 2. The Hall–Kier alpha value is -2.59. The second-order valence-electron chi connectivity index (χ2n) is 6.48. The second-order valence-corrected chi connectivity index (χ2v) is 8.12. The van der Waals surface area contributed by atoms with Crippen LogP contribution in [-0.4, -0.2) is 34.8 Å². The minimum atomic E-state index is -4.54. The molecule has 0 unspecified atom stereocenters. The molecule has 0 aliphatic rings. The average molecular weight is 453 g/mol. The monoisotopic (exact) mass is 452 g/mol. The Bertz CT molecular complexity index is 1250. The van der Waals surface area contributed by atoms with Crippen molar-refractivity contribution in [3.05, 3.63) is 41.3 Å². The molecule has 11 heteroatoms. The number of rotatable bonds is 4. The highest BCUT2D eigenvalue weighted by atomic mass is 35.5. The third-order valence-electron chi connectivity index (χ3n) is 4.54. The highest BCUT2D eigenvalue weighted by Gasteiger charge is 2.33. The van der Waals surface area contributed by atoms with E-state index < -0.39 is 11.9 Å². The maximum atomic E-state index is 13.1. The molecule has 0 amide bonds. The van der Waals surface area contributed by atoms with E-state index in [4.69, 9.17) is 16.6 Å². The molecule has 0 bridgehead atoms. The molecular formula is C19H16ClF3N6S. The molecule has 0 radical (unpaired) electrons. The van der Waals surface area contributed by atoms with Crippen LogP contribution in [0.1, 0.15) is 12.6 Å². The molecule has 156 valence electrons. The summed E-state index contributed by atoms with van der Waals surface area (Å²) in [5, 5.41) is 1.17. The molecule has 0 saturated carbocycles. The van der Waals surface area contributed by atoms with Crippen molar-refractivity contribution in [2.75, 3.05) is 5.75 Å². The van der Waals surface area contributed by atoms with Gasteiger partial charge in [0, 0.05) is 14.1 Å². The van der Waals surface area contributed by atoms with Gasteiger partial charge in [-0.05, 0) is 24.0 Å². The summed E-state index contributed by atoms with van der Waals surface area (Å²) in [7, 11) is 3.59. The highest BCUT2D eigenvalue weighted by Crippen LogP contribution is 2.36. The standard InChI is InChI=1S/C19H16ClF3N6S/c1-4-30-18-15(27-16(29(18)3)10-6-5-7-14(20)25-10)17-26-11-8-13(19(21,22)23)24-9-12(11)28(17)2/h5-9H,4H2,1-3H3. The van der Waals surface area contributed by atoms with Crippen LogP contribution in [0.25, 0.3) is 34.1 Å². The molecule has 4 heterocycles. The number of nitrogens with zero attached hydrogens (tertiary/aromatic N) is 6. The summed E-state index contributed by atoms with van der Waals surface area (Å²) in [6.45, 7) is 2.01. The first-order chi connectivity index (χ1) is 14.2. The third kappa shape index (κ3) is 3.54. The van der Waals surface area contributed by atoms with Gasteiger partial charge in [0.1, 0.15) is 27.3 Å². The Morgan fingerprint density at radius 3 is 2.50 bits per heavy atom. The van der Waals surface area contributed by atoms with Crippen molar-refractivity contribution >= 4 is 34.4 Å². The van der Waals surface area contributed by atoms with Crippen LogP contribution in [0.3, 0.4) is 0 Å². The number of aromatic nitrogens is 6. The van der Waals surface area contributed by atoms with E-state index in [1.807, 2.05) is 18.5 Å². The SMILES string of the molecule is CCSc1c(-c2nc3cc(C(F)(F)F)ncc3n2C)nc(-c2cccc(Cl)n2)n1C. The summed E-state index contributed by atoms with van der Waals surface area (Å²) in [5.41, 5.74) is 0.865. The molecule has 4 aromatic rings. The molecule has 0 atom stereocenters. The first-order valence-corrected chi connectivity index (χ1v) is 10.3. The molecule has 0 aromatic carbocycles. The zero-order valence-electron chi connectivity index (χ0n) is 16.2. The number of fused-ring (bicyclic) bond motifs is 1. The highest BCUT2D eigenvalue weighted by molar-refractivity contribution is 7.99. The zero-order valence-corrected chi connectivity index (χ0v) is 17.8. The van der Waals surface area contributed by atoms with Gasteiger partial charge in [-0.3, -0.25) is 0 Å². The number of halogens is 4. The van der Waals surface area contributed by atoms with Gasteiger partial charge in [-0.1, -0.05) is 24.6 Å². The fraction of sp³-hybridized carbons (Fsp3) is 0.263. The number of thioether (sulfide) groups is 1. The first-order valence-electron chi connectivity index (χ1n) is 8.93. The van der Waals surface area contributed by atoms with Gasteiger partial charge in [0.15, 0.2) is 11.6 Å². The lowest BCUT2D eigenvalue weighted by molar-refractivity contribution is -0.141. The minimum absolute atomic E-state index is 0.204. The molecule has 4 aromatic heterocycles. The summed E-state index contributed by atoms with van der Waals surface area (Å²) in [4.78, 5) is 17.1. The average Bonchev–Trinajstić information content (AvgIpc) is 3.19. The predicted molar refractivity (Wildman–Crippen MR) is 110 cm³/mol. The van der Waals surface area contributed by atoms with Crippen LogP contribution in [0.5, 0.6) is 0 Å². The van der Waals surface area contributed by atoms with Crippen molar-refractivity contribution in [1.29, 1.82) is 0 Å². The normalized spacial score (nSPS) is 12.1. The molecule has 0 spiro atoms. The number of hydrogen-bond acceptors (Lipinski definition) is 5. The summed E-state index contributed by atoms with van der Waals surface area (Å²) in [6, 6.07) is 6.21. The number of hydrogen-bond donors (Lipinski definition) is 0. The lowest BCUT2D eigenvalue weighted by Crippen LogP contribution is -2.07. The van der Waals surface area contributed by atoms with Crippen LogP contribution < -0.4 is 0 Å². The number of imidazole rings is 2. The molecule has 0 fully saturated rings. The summed E-state index contributed by atoms with van der Waals surface area (Å²) in [6.07, 6.45) is -3.35. The molecule has 30 heavy (non-hydrogen) atoms. The van der Waals surface area contributed by atoms with E-state index in [0.29, 0.717) is 33.7 Å².